The monoisotopic (exact) mass is 343 g/mol. The minimum absolute atomic E-state index is 0.00848. The fourth-order valence-corrected chi connectivity index (χ4v) is 4.49. The Morgan fingerprint density at radius 3 is 2.43 bits per heavy atom. The van der Waals surface area contributed by atoms with Gasteiger partial charge in [-0.1, -0.05) is 0 Å². The molecule has 0 unspecified atom stereocenters. The van der Waals surface area contributed by atoms with E-state index in [0.29, 0.717) is 36.4 Å². The van der Waals surface area contributed by atoms with E-state index in [1.54, 1.807) is 13.0 Å². The van der Waals surface area contributed by atoms with Crippen LogP contribution in [0.3, 0.4) is 0 Å². The number of methoxy groups -OCH3 is 2. The third-order valence-corrected chi connectivity index (χ3v) is 6.04. The van der Waals surface area contributed by atoms with Gasteiger partial charge in [0.25, 0.3) is 0 Å². The van der Waals surface area contributed by atoms with Gasteiger partial charge in [0.05, 0.1) is 25.0 Å². The second kappa shape index (κ2) is 6.76. The van der Waals surface area contributed by atoms with Gasteiger partial charge >= 0.3 is 5.97 Å². The Bertz CT molecular complexity index is 700. The van der Waals surface area contributed by atoms with Crippen molar-refractivity contribution in [1.82, 2.24) is 4.31 Å². The Balaban J connectivity index is 2.41. The van der Waals surface area contributed by atoms with Crippen molar-refractivity contribution in [1.29, 1.82) is 0 Å². The Hall–Kier alpha value is -1.80. The average molecular weight is 343 g/mol. The molecule has 128 valence electrons. The topological polar surface area (TPSA) is 93.1 Å². The van der Waals surface area contributed by atoms with Gasteiger partial charge in [-0.05, 0) is 31.4 Å². The standard InChI is InChI=1S/C15H21NO6S/c1-10-7-12(21-2)13(22-3)8-14(10)23(19,20)16-6-4-5-11(9-16)15(17)18/h7-8,11H,4-6,9H2,1-3H3,(H,17,18)/t11-/m0/s1. The Morgan fingerprint density at radius 1 is 1.26 bits per heavy atom. The zero-order chi connectivity index (χ0) is 17.2. The van der Waals surface area contributed by atoms with Crippen LogP contribution in [0.25, 0.3) is 0 Å². The summed E-state index contributed by atoms with van der Waals surface area (Å²) in [4.78, 5) is 11.3. The number of hydrogen-bond donors (Lipinski definition) is 1. The van der Waals surface area contributed by atoms with Crippen LogP contribution in [0.5, 0.6) is 11.5 Å². The van der Waals surface area contributed by atoms with Gasteiger partial charge in [-0.3, -0.25) is 4.79 Å². The first-order chi connectivity index (χ1) is 10.8. The summed E-state index contributed by atoms with van der Waals surface area (Å²) >= 11 is 0. The second-order valence-corrected chi connectivity index (χ2v) is 7.42. The molecule has 23 heavy (non-hydrogen) atoms. The van der Waals surface area contributed by atoms with E-state index >= 15 is 0 Å². The van der Waals surface area contributed by atoms with E-state index in [-0.39, 0.29) is 11.4 Å². The van der Waals surface area contributed by atoms with Crippen molar-refractivity contribution >= 4 is 16.0 Å². The summed E-state index contributed by atoms with van der Waals surface area (Å²) in [6, 6.07) is 3.03. The number of ether oxygens (including phenoxy) is 2. The lowest BCUT2D eigenvalue weighted by atomic mass is 10.0. The highest BCUT2D eigenvalue weighted by Gasteiger charge is 2.34. The molecule has 0 spiro atoms. The predicted octanol–water partition coefficient (Wildman–Crippen LogP) is 1.50. The number of aryl methyl sites for hydroxylation is 1. The summed E-state index contributed by atoms with van der Waals surface area (Å²) in [6.07, 6.45) is 1.02. The fourth-order valence-electron chi connectivity index (χ4n) is 2.74. The molecule has 2 rings (SSSR count). The zero-order valence-corrected chi connectivity index (χ0v) is 14.2. The van der Waals surface area contributed by atoms with Crippen LogP contribution in [0.15, 0.2) is 17.0 Å². The molecule has 1 N–H and O–H groups in total. The van der Waals surface area contributed by atoms with Crippen molar-refractivity contribution < 1.29 is 27.8 Å². The highest BCUT2D eigenvalue weighted by atomic mass is 32.2. The smallest absolute Gasteiger partial charge is 0.307 e. The third-order valence-electron chi connectivity index (χ3n) is 4.03. The number of benzene rings is 1. The number of hydrogen-bond acceptors (Lipinski definition) is 5. The molecule has 1 aromatic rings. The van der Waals surface area contributed by atoms with Crippen LogP contribution in [-0.4, -0.2) is 51.1 Å². The summed E-state index contributed by atoms with van der Waals surface area (Å²) in [5.41, 5.74) is 0.528. The molecule has 0 amide bonds. The summed E-state index contributed by atoms with van der Waals surface area (Å²) in [5, 5.41) is 9.14. The minimum Gasteiger partial charge on any atom is -0.493 e. The van der Waals surface area contributed by atoms with Crippen LogP contribution in [0.1, 0.15) is 18.4 Å². The SMILES string of the molecule is COc1cc(C)c(S(=O)(=O)N2CCC[C@H](C(=O)O)C2)cc1OC. The molecule has 0 saturated carbocycles. The maximum atomic E-state index is 12.9. The molecular formula is C15H21NO6S. The van der Waals surface area contributed by atoms with Gasteiger partial charge in [0.2, 0.25) is 10.0 Å². The van der Waals surface area contributed by atoms with E-state index in [9.17, 15) is 13.2 Å². The lowest BCUT2D eigenvalue weighted by Crippen LogP contribution is -2.42. The first kappa shape index (κ1) is 17.6. The van der Waals surface area contributed by atoms with Gasteiger partial charge in [0.15, 0.2) is 11.5 Å². The lowest BCUT2D eigenvalue weighted by molar-refractivity contribution is -0.142. The van der Waals surface area contributed by atoms with Gasteiger partial charge in [-0.2, -0.15) is 4.31 Å². The van der Waals surface area contributed by atoms with Crippen LogP contribution >= 0.6 is 0 Å². The van der Waals surface area contributed by atoms with Gasteiger partial charge in [0, 0.05) is 19.2 Å². The molecule has 1 aliphatic rings. The lowest BCUT2D eigenvalue weighted by Gasteiger charge is -2.30. The van der Waals surface area contributed by atoms with E-state index in [1.165, 1.54) is 24.6 Å². The predicted molar refractivity (Wildman–Crippen MR) is 83.4 cm³/mol. The first-order valence-electron chi connectivity index (χ1n) is 7.26. The van der Waals surface area contributed by atoms with E-state index in [4.69, 9.17) is 14.6 Å². The first-order valence-corrected chi connectivity index (χ1v) is 8.70. The van der Waals surface area contributed by atoms with Crippen molar-refractivity contribution in [2.45, 2.75) is 24.7 Å². The molecular weight excluding hydrogens is 322 g/mol. The second-order valence-electron chi connectivity index (χ2n) is 5.51. The molecule has 0 bridgehead atoms. The van der Waals surface area contributed by atoms with Crippen LogP contribution in [0, 0.1) is 12.8 Å². The minimum atomic E-state index is -3.78. The van der Waals surface area contributed by atoms with Crippen molar-refractivity contribution in [3.05, 3.63) is 17.7 Å². The maximum Gasteiger partial charge on any atom is 0.307 e. The fraction of sp³-hybridized carbons (Fsp3) is 0.533. The molecule has 1 atom stereocenters. The number of sulfonamides is 1. The van der Waals surface area contributed by atoms with E-state index in [1.807, 2.05) is 0 Å². The molecule has 1 aliphatic heterocycles. The number of carboxylic acid groups (broad SMARTS) is 1. The number of aliphatic carboxylic acids is 1. The van der Waals surface area contributed by atoms with Gasteiger partial charge in [-0.15, -0.1) is 0 Å². The number of carboxylic acids is 1. The van der Waals surface area contributed by atoms with Crippen LogP contribution < -0.4 is 9.47 Å². The van der Waals surface area contributed by atoms with Gasteiger partial charge in [0.1, 0.15) is 0 Å². The van der Waals surface area contributed by atoms with E-state index in [0.717, 1.165) is 0 Å². The van der Waals surface area contributed by atoms with Crippen molar-refractivity contribution in [3.8, 4) is 11.5 Å². The molecule has 7 nitrogen and oxygen atoms in total. The Morgan fingerprint density at radius 2 is 1.87 bits per heavy atom. The Labute approximate surface area is 135 Å². The highest BCUT2D eigenvalue weighted by Crippen LogP contribution is 2.34. The molecule has 1 saturated heterocycles. The van der Waals surface area contributed by atoms with Crippen molar-refractivity contribution in [3.63, 3.8) is 0 Å². The molecule has 0 aliphatic carbocycles. The maximum absolute atomic E-state index is 12.9. The molecule has 1 fully saturated rings. The number of piperidine rings is 1. The van der Waals surface area contributed by atoms with Crippen LogP contribution in [-0.2, 0) is 14.8 Å². The van der Waals surface area contributed by atoms with Gasteiger partial charge in [-0.25, -0.2) is 8.42 Å². The summed E-state index contributed by atoms with van der Waals surface area (Å²) in [7, 11) is -0.867. The molecule has 1 aromatic carbocycles. The Kier molecular flexibility index (Phi) is 5.16. The normalized spacial score (nSPS) is 19.3. The van der Waals surface area contributed by atoms with Crippen LogP contribution in [0.4, 0.5) is 0 Å². The van der Waals surface area contributed by atoms with E-state index < -0.39 is 21.9 Å². The number of carbonyl (C=O) groups is 1. The largest absolute Gasteiger partial charge is 0.493 e. The number of rotatable bonds is 5. The average Bonchev–Trinajstić information content (AvgIpc) is 2.54. The third kappa shape index (κ3) is 3.42. The summed E-state index contributed by atoms with van der Waals surface area (Å²) < 4.78 is 37.3. The molecule has 0 radical (unpaired) electrons. The quantitative estimate of drug-likeness (QED) is 0.871. The summed E-state index contributed by atoms with van der Waals surface area (Å²) in [5.74, 6) is -0.859. The van der Waals surface area contributed by atoms with Gasteiger partial charge < -0.3 is 14.6 Å². The summed E-state index contributed by atoms with van der Waals surface area (Å²) in [6.45, 7) is 1.98. The molecule has 8 heteroatoms. The zero-order valence-electron chi connectivity index (χ0n) is 13.4. The van der Waals surface area contributed by atoms with E-state index in [2.05, 4.69) is 0 Å². The highest BCUT2D eigenvalue weighted by molar-refractivity contribution is 7.89. The van der Waals surface area contributed by atoms with Crippen LogP contribution in [0.2, 0.25) is 0 Å². The number of nitrogens with zero attached hydrogens (tertiary/aromatic N) is 1. The van der Waals surface area contributed by atoms with Crippen molar-refractivity contribution in [2.75, 3.05) is 27.3 Å². The molecule has 1 heterocycles. The molecule has 0 aromatic heterocycles. The van der Waals surface area contributed by atoms with Crippen molar-refractivity contribution in [2.24, 2.45) is 5.92 Å².